The first kappa shape index (κ1) is 9.40. The van der Waals surface area contributed by atoms with Gasteiger partial charge in [-0.2, -0.15) is 0 Å². The van der Waals surface area contributed by atoms with Gasteiger partial charge in [-0.25, -0.2) is 9.97 Å². The van der Waals surface area contributed by atoms with E-state index in [0.717, 1.165) is 18.3 Å². The molecule has 2 rings (SSSR count). The van der Waals surface area contributed by atoms with E-state index in [4.69, 9.17) is 0 Å². The maximum Gasteiger partial charge on any atom is 0.129 e. The Morgan fingerprint density at radius 2 is 2.57 bits per heavy atom. The van der Waals surface area contributed by atoms with Gasteiger partial charge in [-0.1, -0.05) is 0 Å². The van der Waals surface area contributed by atoms with Crippen molar-refractivity contribution in [1.82, 2.24) is 14.9 Å². The van der Waals surface area contributed by atoms with Gasteiger partial charge in [-0.3, -0.25) is 0 Å². The largest absolute Gasteiger partial charge is 0.370 e. The maximum absolute atomic E-state index is 4.12. The molecular formula is C10H16N4. The molecule has 4 heteroatoms. The summed E-state index contributed by atoms with van der Waals surface area (Å²) in [6, 6.07) is 1.90. The van der Waals surface area contributed by atoms with E-state index < -0.39 is 0 Å². The quantitative estimate of drug-likeness (QED) is 0.770. The van der Waals surface area contributed by atoms with E-state index in [1.807, 2.05) is 6.07 Å². The number of hydrogen-bond donors (Lipinski definition) is 1. The zero-order chi connectivity index (χ0) is 9.80. The Balaban J connectivity index is 1.78. The molecule has 76 valence electrons. The van der Waals surface area contributed by atoms with Crippen LogP contribution in [0.15, 0.2) is 18.6 Å². The highest BCUT2D eigenvalue weighted by Crippen LogP contribution is 2.14. The van der Waals surface area contributed by atoms with E-state index in [1.165, 1.54) is 19.5 Å². The van der Waals surface area contributed by atoms with Crippen LogP contribution in [0.2, 0.25) is 0 Å². The third-order valence-corrected chi connectivity index (χ3v) is 2.64. The molecule has 0 aliphatic carbocycles. The van der Waals surface area contributed by atoms with Crippen molar-refractivity contribution in [2.75, 3.05) is 32.0 Å². The number of rotatable bonds is 3. The van der Waals surface area contributed by atoms with Gasteiger partial charge in [0.1, 0.15) is 12.1 Å². The molecule has 0 spiro atoms. The van der Waals surface area contributed by atoms with Crippen LogP contribution < -0.4 is 5.32 Å². The molecule has 1 saturated heterocycles. The third kappa shape index (κ3) is 2.42. The SMILES string of the molecule is CN1CCC(CNc2ccncn2)C1. The van der Waals surface area contributed by atoms with Crippen molar-refractivity contribution in [2.45, 2.75) is 6.42 Å². The van der Waals surface area contributed by atoms with E-state index in [2.05, 4.69) is 27.2 Å². The highest BCUT2D eigenvalue weighted by atomic mass is 15.1. The lowest BCUT2D eigenvalue weighted by Crippen LogP contribution is -2.19. The molecule has 4 nitrogen and oxygen atoms in total. The minimum absolute atomic E-state index is 0.759. The van der Waals surface area contributed by atoms with E-state index in [0.29, 0.717) is 0 Å². The second kappa shape index (κ2) is 4.37. The molecule has 0 bridgehead atoms. The number of anilines is 1. The predicted molar refractivity (Wildman–Crippen MR) is 56.1 cm³/mol. The number of hydrogen-bond acceptors (Lipinski definition) is 4. The first-order valence-corrected chi connectivity index (χ1v) is 5.03. The monoisotopic (exact) mass is 192 g/mol. The molecule has 1 atom stereocenters. The highest BCUT2D eigenvalue weighted by Gasteiger charge is 2.18. The van der Waals surface area contributed by atoms with Crippen molar-refractivity contribution < 1.29 is 0 Å². The maximum atomic E-state index is 4.12. The predicted octanol–water partition coefficient (Wildman–Crippen LogP) is 0.840. The van der Waals surface area contributed by atoms with E-state index in [1.54, 1.807) is 12.5 Å². The molecule has 0 amide bonds. The first-order valence-electron chi connectivity index (χ1n) is 5.03. The zero-order valence-electron chi connectivity index (χ0n) is 8.48. The van der Waals surface area contributed by atoms with E-state index in [9.17, 15) is 0 Å². The fourth-order valence-corrected chi connectivity index (χ4v) is 1.84. The zero-order valence-corrected chi connectivity index (χ0v) is 8.48. The van der Waals surface area contributed by atoms with Gasteiger partial charge in [-0.05, 0) is 32.0 Å². The van der Waals surface area contributed by atoms with Crippen molar-refractivity contribution in [3.63, 3.8) is 0 Å². The number of nitrogens with one attached hydrogen (secondary N) is 1. The lowest BCUT2D eigenvalue weighted by atomic mass is 10.1. The summed E-state index contributed by atoms with van der Waals surface area (Å²) in [6.07, 6.45) is 4.62. The van der Waals surface area contributed by atoms with Crippen LogP contribution in [-0.4, -0.2) is 41.5 Å². The van der Waals surface area contributed by atoms with Crippen LogP contribution in [0.4, 0.5) is 5.82 Å². The molecule has 1 unspecified atom stereocenters. The summed E-state index contributed by atoms with van der Waals surface area (Å²) in [6.45, 7) is 3.43. The molecule has 1 N–H and O–H groups in total. The molecule has 0 aromatic carbocycles. The van der Waals surface area contributed by atoms with Gasteiger partial charge >= 0.3 is 0 Å². The van der Waals surface area contributed by atoms with Crippen LogP contribution in [0, 0.1) is 5.92 Å². The summed E-state index contributed by atoms with van der Waals surface area (Å²) in [5, 5.41) is 3.33. The Kier molecular flexibility index (Phi) is 2.93. The van der Waals surface area contributed by atoms with Crippen LogP contribution in [-0.2, 0) is 0 Å². The molecular weight excluding hydrogens is 176 g/mol. The summed E-state index contributed by atoms with van der Waals surface area (Å²) in [4.78, 5) is 10.4. The van der Waals surface area contributed by atoms with Crippen molar-refractivity contribution >= 4 is 5.82 Å². The highest BCUT2D eigenvalue weighted by molar-refractivity contribution is 5.31. The standard InChI is InChI=1S/C10H16N4/c1-14-5-3-9(7-14)6-12-10-2-4-11-8-13-10/h2,4,8-9H,3,5-7H2,1H3,(H,11,12,13). The third-order valence-electron chi connectivity index (χ3n) is 2.64. The molecule has 1 aromatic rings. The Hall–Kier alpha value is -1.16. The van der Waals surface area contributed by atoms with Gasteiger partial charge in [0.15, 0.2) is 0 Å². The molecule has 2 heterocycles. The van der Waals surface area contributed by atoms with Crippen molar-refractivity contribution in [3.05, 3.63) is 18.6 Å². The van der Waals surface area contributed by atoms with Gasteiger partial charge in [0.25, 0.3) is 0 Å². The van der Waals surface area contributed by atoms with Crippen molar-refractivity contribution in [1.29, 1.82) is 0 Å². The fraction of sp³-hybridized carbons (Fsp3) is 0.600. The van der Waals surface area contributed by atoms with Gasteiger partial charge in [0.2, 0.25) is 0 Å². The van der Waals surface area contributed by atoms with Gasteiger partial charge in [-0.15, -0.1) is 0 Å². The molecule has 0 radical (unpaired) electrons. The number of aromatic nitrogens is 2. The fourth-order valence-electron chi connectivity index (χ4n) is 1.84. The molecule has 0 saturated carbocycles. The van der Waals surface area contributed by atoms with Crippen LogP contribution in [0.3, 0.4) is 0 Å². The normalized spacial score (nSPS) is 22.5. The Morgan fingerprint density at radius 1 is 1.64 bits per heavy atom. The van der Waals surface area contributed by atoms with Gasteiger partial charge in [0.05, 0.1) is 0 Å². The average molecular weight is 192 g/mol. The molecule has 1 aliphatic heterocycles. The summed E-state index contributed by atoms with van der Waals surface area (Å²) >= 11 is 0. The van der Waals surface area contributed by atoms with E-state index >= 15 is 0 Å². The Bertz CT molecular complexity index is 275. The van der Waals surface area contributed by atoms with Gasteiger partial charge < -0.3 is 10.2 Å². The number of nitrogens with zero attached hydrogens (tertiary/aromatic N) is 3. The molecule has 14 heavy (non-hydrogen) atoms. The van der Waals surface area contributed by atoms with E-state index in [-0.39, 0.29) is 0 Å². The average Bonchev–Trinajstić information content (AvgIpc) is 2.63. The first-order chi connectivity index (χ1) is 6.84. The van der Waals surface area contributed by atoms with Gasteiger partial charge in [0, 0.05) is 19.3 Å². The lowest BCUT2D eigenvalue weighted by Gasteiger charge is -2.11. The van der Waals surface area contributed by atoms with Crippen LogP contribution >= 0.6 is 0 Å². The summed E-state index contributed by atoms with van der Waals surface area (Å²) in [5.74, 6) is 1.68. The van der Waals surface area contributed by atoms with Crippen molar-refractivity contribution in [2.24, 2.45) is 5.92 Å². The molecule has 1 aliphatic rings. The smallest absolute Gasteiger partial charge is 0.129 e. The number of likely N-dealkylation sites (tertiary alicyclic amines) is 1. The topological polar surface area (TPSA) is 41.0 Å². The van der Waals surface area contributed by atoms with Crippen molar-refractivity contribution in [3.8, 4) is 0 Å². The second-order valence-electron chi connectivity index (χ2n) is 3.89. The minimum Gasteiger partial charge on any atom is -0.370 e. The van der Waals surface area contributed by atoms with Crippen LogP contribution in [0.25, 0.3) is 0 Å². The molecule has 1 aromatic heterocycles. The summed E-state index contributed by atoms with van der Waals surface area (Å²) < 4.78 is 0. The Labute approximate surface area is 84.4 Å². The summed E-state index contributed by atoms with van der Waals surface area (Å²) in [7, 11) is 2.17. The lowest BCUT2D eigenvalue weighted by molar-refractivity contribution is 0.399. The van der Waals surface area contributed by atoms with Crippen LogP contribution in [0.5, 0.6) is 0 Å². The summed E-state index contributed by atoms with van der Waals surface area (Å²) in [5.41, 5.74) is 0. The van der Waals surface area contributed by atoms with Crippen LogP contribution in [0.1, 0.15) is 6.42 Å². The Morgan fingerprint density at radius 3 is 3.21 bits per heavy atom. The molecule has 1 fully saturated rings. The minimum atomic E-state index is 0.759. The second-order valence-corrected chi connectivity index (χ2v) is 3.89.